The fourth-order valence-corrected chi connectivity index (χ4v) is 2.24. The Morgan fingerprint density at radius 3 is 2.47 bits per heavy atom. The molecule has 0 saturated heterocycles. The van der Waals surface area contributed by atoms with Gasteiger partial charge in [-0.05, 0) is 43.5 Å². The fraction of sp³-hybridized carbons (Fsp3) is 0.533. The molecule has 1 unspecified atom stereocenters. The maximum atomic E-state index is 5.65. The smallest absolute Gasteiger partial charge is 0.161 e. The molecule has 0 aromatic heterocycles. The average molecular weight is 263 g/mol. The molecule has 0 N–H and O–H groups in total. The number of fused-ring (bicyclic) bond motifs is 1. The number of methoxy groups -OCH3 is 1. The van der Waals surface area contributed by atoms with E-state index in [1.54, 1.807) is 7.11 Å². The molecule has 104 valence electrons. The lowest BCUT2D eigenvalue weighted by atomic mass is 9.97. The lowest BCUT2D eigenvalue weighted by Gasteiger charge is -2.20. The van der Waals surface area contributed by atoms with Crippen LogP contribution in [0.2, 0.25) is 0 Å². The van der Waals surface area contributed by atoms with Crippen molar-refractivity contribution in [3.05, 3.63) is 23.3 Å². The molecule has 0 saturated carbocycles. The van der Waals surface area contributed by atoms with Crippen molar-refractivity contribution in [2.45, 2.75) is 26.3 Å². The van der Waals surface area contributed by atoms with E-state index >= 15 is 0 Å². The Kier molecular flexibility index (Phi) is 4.80. The Hall–Kier alpha value is -1.55. The van der Waals surface area contributed by atoms with Crippen LogP contribution in [0.25, 0.3) is 0 Å². The Bertz CT molecular complexity index is 457. The van der Waals surface area contributed by atoms with Gasteiger partial charge in [-0.1, -0.05) is 0 Å². The van der Waals surface area contributed by atoms with E-state index in [1.807, 2.05) is 26.1 Å². The van der Waals surface area contributed by atoms with Gasteiger partial charge >= 0.3 is 0 Å². The Morgan fingerprint density at radius 1 is 1.16 bits per heavy atom. The topological polar surface area (TPSA) is 40.0 Å². The fourth-order valence-electron chi connectivity index (χ4n) is 2.24. The van der Waals surface area contributed by atoms with E-state index in [0.29, 0.717) is 19.8 Å². The number of nitrogens with zero attached hydrogens (tertiary/aromatic N) is 1. The molecule has 2 rings (SSSR count). The molecule has 1 aromatic carbocycles. The third kappa shape index (κ3) is 3.26. The summed E-state index contributed by atoms with van der Waals surface area (Å²) in [4.78, 5) is 4.49. The zero-order chi connectivity index (χ0) is 13.7. The van der Waals surface area contributed by atoms with Crippen molar-refractivity contribution in [2.24, 2.45) is 4.99 Å². The monoisotopic (exact) mass is 263 g/mol. The summed E-state index contributed by atoms with van der Waals surface area (Å²) in [5, 5.41) is 0. The highest BCUT2D eigenvalue weighted by Crippen LogP contribution is 2.32. The maximum Gasteiger partial charge on any atom is 0.161 e. The van der Waals surface area contributed by atoms with Gasteiger partial charge in [-0.25, -0.2) is 0 Å². The first-order chi connectivity index (χ1) is 9.28. The first kappa shape index (κ1) is 13.9. The molecule has 4 heteroatoms. The number of benzene rings is 1. The van der Waals surface area contributed by atoms with Crippen molar-refractivity contribution in [3.63, 3.8) is 0 Å². The van der Waals surface area contributed by atoms with Crippen LogP contribution < -0.4 is 9.47 Å². The molecule has 1 heterocycles. The van der Waals surface area contributed by atoms with E-state index in [-0.39, 0.29) is 6.04 Å². The molecule has 1 aromatic rings. The third-order valence-electron chi connectivity index (χ3n) is 3.04. The zero-order valence-corrected chi connectivity index (χ0v) is 11.8. The van der Waals surface area contributed by atoms with Crippen molar-refractivity contribution in [2.75, 3.05) is 26.9 Å². The zero-order valence-electron chi connectivity index (χ0n) is 11.8. The standard InChI is InChI=1S/C15H21NO3/c1-4-18-14-7-11-6-13(10-17-3)16-9-12(11)8-15(14)19-5-2/h7-9,13H,4-6,10H2,1-3H3. The van der Waals surface area contributed by atoms with Crippen molar-refractivity contribution in [1.82, 2.24) is 0 Å². The van der Waals surface area contributed by atoms with Crippen LogP contribution in [0.15, 0.2) is 17.1 Å². The summed E-state index contributed by atoms with van der Waals surface area (Å²) in [5.74, 6) is 1.61. The van der Waals surface area contributed by atoms with Gasteiger partial charge in [0, 0.05) is 13.3 Å². The Balaban J connectivity index is 2.28. The molecule has 1 atom stereocenters. The van der Waals surface area contributed by atoms with Gasteiger partial charge < -0.3 is 14.2 Å². The Labute approximate surface area is 114 Å². The Morgan fingerprint density at radius 2 is 1.84 bits per heavy atom. The van der Waals surface area contributed by atoms with Crippen LogP contribution in [0.3, 0.4) is 0 Å². The summed E-state index contributed by atoms with van der Waals surface area (Å²) in [6.07, 6.45) is 2.78. The van der Waals surface area contributed by atoms with Crippen LogP contribution in [0.5, 0.6) is 11.5 Å². The number of rotatable bonds is 6. The molecule has 0 bridgehead atoms. The van der Waals surface area contributed by atoms with Crippen LogP contribution in [-0.2, 0) is 11.2 Å². The molecule has 0 fully saturated rings. The van der Waals surface area contributed by atoms with Crippen molar-refractivity contribution < 1.29 is 14.2 Å². The average Bonchev–Trinajstić information content (AvgIpc) is 2.40. The normalized spacial score (nSPS) is 17.1. The summed E-state index contributed by atoms with van der Waals surface area (Å²) >= 11 is 0. The first-order valence-corrected chi connectivity index (χ1v) is 6.73. The minimum absolute atomic E-state index is 0.199. The third-order valence-corrected chi connectivity index (χ3v) is 3.04. The van der Waals surface area contributed by atoms with Gasteiger partial charge in [-0.3, -0.25) is 4.99 Å². The molecule has 0 amide bonds. The van der Waals surface area contributed by atoms with E-state index < -0.39 is 0 Å². The summed E-state index contributed by atoms with van der Waals surface area (Å²) < 4.78 is 16.4. The molecule has 0 radical (unpaired) electrons. The SMILES string of the molecule is CCOc1cc2c(cc1OCC)CC(COC)N=C2. The minimum Gasteiger partial charge on any atom is -0.490 e. The van der Waals surface area contributed by atoms with Crippen LogP contribution in [0, 0.1) is 0 Å². The summed E-state index contributed by atoms with van der Waals surface area (Å²) in [6, 6.07) is 4.28. The summed E-state index contributed by atoms with van der Waals surface area (Å²) in [6.45, 7) is 5.85. The first-order valence-electron chi connectivity index (χ1n) is 6.73. The predicted molar refractivity (Wildman–Crippen MR) is 75.7 cm³/mol. The molecular formula is C15H21NO3. The van der Waals surface area contributed by atoms with Crippen LogP contribution >= 0.6 is 0 Å². The van der Waals surface area contributed by atoms with Crippen molar-refractivity contribution >= 4 is 6.21 Å². The lowest BCUT2D eigenvalue weighted by Crippen LogP contribution is -2.20. The van der Waals surface area contributed by atoms with Gasteiger partial charge in [-0.2, -0.15) is 0 Å². The minimum atomic E-state index is 0.199. The van der Waals surface area contributed by atoms with Gasteiger partial charge in [0.2, 0.25) is 0 Å². The second-order valence-corrected chi connectivity index (χ2v) is 4.46. The van der Waals surface area contributed by atoms with Gasteiger partial charge in [-0.15, -0.1) is 0 Å². The van der Waals surface area contributed by atoms with Gasteiger partial charge in [0.1, 0.15) is 0 Å². The van der Waals surface area contributed by atoms with E-state index in [0.717, 1.165) is 23.5 Å². The second kappa shape index (κ2) is 6.57. The largest absolute Gasteiger partial charge is 0.490 e. The lowest BCUT2D eigenvalue weighted by molar-refractivity contribution is 0.180. The van der Waals surface area contributed by atoms with E-state index in [9.17, 15) is 0 Å². The van der Waals surface area contributed by atoms with Crippen LogP contribution in [0.4, 0.5) is 0 Å². The predicted octanol–water partition coefficient (Wildman–Crippen LogP) is 2.47. The molecule has 1 aliphatic rings. The quantitative estimate of drug-likeness (QED) is 0.791. The van der Waals surface area contributed by atoms with E-state index in [1.165, 1.54) is 5.56 Å². The van der Waals surface area contributed by atoms with Crippen LogP contribution in [0.1, 0.15) is 25.0 Å². The van der Waals surface area contributed by atoms with Crippen molar-refractivity contribution in [3.8, 4) is 11.5 Å². The van der Waals surface area contributed by atoms with Crippen LogP contribution in [-0.4, -0.2) is 39.2 Å². The number of ether oxygens (including phenoxy) is 3. The number of hydrogen-bond acceptors (Lipinski definition) is 4. The molecule has 4 nitrogen and oxygen atoms in total. The second-order valence-electron chi connectivity index (χ2n) is 4.46. The van der Waals surface area contributed by atoms with Gasteiger partial charge in [0.05, 0.1) is 25.9 Å². The molecule has 19 heavy (non-hydrogen) atoms. The molecule has 0 aliphatic carbocycles. The van der Waals surface area contributed by atoms with Gasteiger partial charge in [0.25, 0.3) is 0 Å². The highest BCUT2D eigenvalue weighted by atomic mass is 16.5. The number of aliphatic imine (C=N–C) groups is 1. The van der Waals surface area contributed by atoms with E-state index in [2.05, 4.69) is 11.1 Å². The molecule has 1 aliphatic heterocycles. The van der Waals surface area contributed by atoms with Gasteiger partial charge in [0.15, 0.2) is 11.5 Å². The highest BCUT2D eigenvalue weighted by molar-refractivity contribution is 5.84. The maximum absolute atomic E-state index is 5.65. The van der Waals surface area contributed by atoms with E-state index in [4.69, 9.17) is 14.2 Å². The highest BCUT2D eigenvalue weighted by Gasteiger charge is 2.18. The molecular weight excluding hydrogens is 242 g/mol. The van der Waals surface area contributed by atoms with Crippen molar-refractivity contribution in [1.29, 1.82) is 0 Å². The summed E-state index contributed by atoms with van der Waals surface area (Å²) in [7, 11) is 1.70. The molecule has 0 spiro atoms. The summed E-state index contributed by atoms with van der Waals surface area (Å²) in [5.41, 5.74) is 2.35. The number of hydrogen-bond donors (Lipinski definition) is 0.